The van der Waals surface area contributed by atoms with E-state index in [0.29, 0.717) is 5.33 Å². The molecule has 7 heteroatoms. The summed E-state index contributed by atoms with van der Waals surface area (Å²) in [6, 6.07) is 3.32. The predicted molar refractivity (Wildman–Crippen MR) is 61.1 cm³/mol. The van der Waals surface area contributed by atoms with Gasteiger partial charge < -0.3 is 0 Å². The van der Waals surface area contributed by atoms with Gasteiger partial charge in [-0.05, 0) is 17.8 Å². The summed E-state index contributed by atoms with van der Waals surface area (Å²) in [5, 5.41) is 0.318. The van der Waals surface area contributed by atoms with Gasteiger partial charge in [-0.3, -0.25) is 4.79 Å². The van der Waals surface area contributed by atoms with E-state index in [2.05, 4.69) is 15.9 Å². The molecule has 0 spiro atoms. The molecule has 0 aliphatic rings. The number of rotatable bonds is 4. The Morgan fingerprint density at radius 2 is 2.00 bits per heavy atom. The Kier molecular flexibility index (Phi) is 5.00. The average molecular weight is 331 g/mol. The number of Topliss-reactive ketones (excluding diaryl/α,β-unsaturated/α-hetero) is 1. The highest BCUT2D eigenvalue weighted by molar-refractivity contribution is 9.09. The van der Waals surface area contributed by atoms with Crippen molar-refractivity contribution in [2.75, 3.05) is 5.33 Å². The molecule has 0 amide bonds. The van der Waals surface area contributed by atoms with Gasteiger partial charge in [0, 0.05) is 17.3 Å². The van der Waals surface area contributed by atoms with Crippen LogP contribution in [0.15, 0.2) is 23.1 Å². The van der Waals surface area contributed by atoms with Crippen molar-refractivity contribution in [3.05, 3.63) is 29.6 Å². The van der Waals surface area contributed by atoms with Crippen LogP contribution in [0.5, 0.6) is 0 Å². The van der Waals surface area contributed by atoms with Gasteiger partial charge in [0.15, 0.2) is 5.78 Å². The predicted octanol–water partition coefficient (Wildman–Crippen LogP) is 4.41. The number of hydrogen-bond donors (Lipinski definition) is 0. The molecule has 0 heterocycles. The summed E-state index contributed by atoms with van der Waals surface area (Å²) in [7, 11) is 0. The van der Waals surface area contributed by atoms with Crippen molar-refractivity contribution in [1.82, 2.24) is 0 Å². The zero-order valence-corrected chi connectivity index (χ0v) is 10.8. The molecule has 0 aliphatic carbocycles. The van der Waals surface area contributed by atoms with Crippen LogP contribution in [0.3, 0.4) is 0 Å². The first-order valence-corrected chi connectivity index (χ1v) is 6.42. The van der Waals surface area contributed by atoms with Crippen molar-refractivity contribution in [1.29, 1.82) is 0 Å². The van der Waals surface area contributed by atoms with Crippen molar-refractivity contribution < 1.29 is 22.4 Å². The number of halogens is 5. The van der Waals surface area contributed by atoms with Gasteiger partial charge in [0.05, 0.1) is 4.90 Å². The molecule has 0 unspecified atom stereocenters. The van der Waals surface area contributed by atoms with E-state index >= 15 is 0 Å². The van der Waals surface area contributed by atoms with E-state index in [1.807, 2.05) is 0 Å². The van der Waals surface area contributed by atoms with Crippen LogP contribution in [0.1, 0.15) is 16.8 Å². The van der Waals surface area contributed by atoms with Crippen LogP contribution >= 0.6 is 27.7 Å². The van der Waals surface area contributed by atoms with E-state index in [1.54, 1.807) is 0 Å². The maximum atomic E-state index is 13.3. The standard InChI is InChI=1S/C10H7BrF4OS/c11-5-4-8(16)6-2-1-3-7(12)9(6)17-10(13,14)15/h1-3H,4-5H2. The quantitative estimate of drug-likeness (QED) is 0.352. The van der Waals surface area contributed by atoms with E-state index in [0.717, 1.165) is 6.07 Å². The summed E-state index contributed by atoms with van der Waals surface area (Å²) in [5.74, 6) is -1.55. The minimum Gasteiger partial charge on any atom is -0.294 e. The summed E-state index contributed by atoms with van der Waals surface area (Å²) >= 11 is 2.41. The van der Waals surface area contributed by atoms with Crippen LogP contribution in [0.2, 0.25) is 0 Å². The van der Waals surface area contributed by atoms with Crippen molar-refractivity contribution in [3.63, 3.8) is 0 Å². The molecule has 0 saturated heterocycles. The maximum absolute atomic E-state index is 13.3. The second kappa shape index (κ2) is 5.86. The summed E-state index contributed by atoms with van der Waals surface area (Å²) in [6.45, 7) is 0. The lowest BCUT2D eigenvalue weighted by atomic mass is 10.1. The fraction of sp³-hybridized carbons (Fsp3) is 0.300. The number of hydrogen-bond acceptors (Lipinski definition) is 2. The molecule has 94 valence electrons. The third kappa shape index (κ3) is 4.31. The second-order valence-corrected chi connectivity index (χ2v) is 4.89. The Morgan fingerprint density at radius 3 is 2.53 bits per heavy atom. The number of carbonyl (C=O) groups is 1. The average Bonchev–Trinajstić information content (AvgIpc) is 2.19. The van der Waals surface area contributed by atoms with Crippen LogP contribution in [-0.4, -0.2) is 16.6 Å². The molecule has 0 saturated carbocycles. The number of ketones is 1. The third-order valence-corrected chi connectivity index (χ3v) is 3.05. The zero-order valence-electron chi connectivity index (χ0n) is 8.35. The van der Waals surface area contributed by atoms with Gasteiger partial charge in [-0.1, -0.05) is 28.1 Å². The fourth-order valence-electron chi connectivity index (χ4n) is 1.17. The van der Waals surface area contributed by atoms with Gasteiger partial charge in [-0.15, -0.1) is 0 Å². The van der Waals surface area contributed by atoms with Crippen LogP contribution < -0.4 is 0 Å². The molecular weight excluding hydrogens is 324 g/mol. The molecule has 1 aromatic carbocycles. The Balaban J connectivity index is 3.13. The first-order valence-electron chi connectivity index (χ1n) is 4.48. The van der Waals surface area contributed by atoms with Gasteiger partial charge in [0.2, 0.25) is 0 Å². The molecule has 17 heavy (non-hydrogen) atoms. The van der Waals surface area contributed by atoms with Gasteiger partial charge in [-0.2, -0.15) is 13.2 Å². The Hall–Kier alpha value is -0.560. The molecule has 0 aromatic heterocycles. The van der Waals surface area contributed by atoms with Gasteiger partial charge >= 0.3 is 5.51 Å². The molecule has 1 nitrogen and oxygen atoms in total. The molecular formula is C10H7BrF4OS. The van der Waals surface area contributed by atoms with E-state index in [-0.39, 0.29) is 12.0 Å². The maximum Gasteiger partial charge on any atom is 0.446 e. The summed E-state index contributed by atoms with van der Waals surface area (Å²) in [6.07, 6.45) is 0.0227. The summed E-state index contributed by atoms with van der Waals surface area (Å²) in [5.41, 5.74) is -4.85. The van der Waals surface area contributed by atoms with Gasteiger partial charge in [0.25, 0.3) is 0 Å². The topological polar surface area (TPSA) is 17.1 Å². The van der Waals surface area contributed by atoms with Gasteiger partial charge in [0.1, 0.15) is 5.82 Å². The van der Waals surface area contributed by atoms with Crippen molar-refractivity contribution in [2.45, 2.75) is 16.8 Å². The molecule has 0 aliphatic heterocycles. The number of thioether (sulfide) groups is 1. The molecule has 0 radical (unpaired) electrons. The first kappa shape index (κ1) is 14.5. The first-order chi connectivity index (χ1) is 7.85. The number of alkyl halides is 4. The second-order valence-electron chi connectivity index (χ2n) is 3.03. The van der Waals surface area contributed by atoms with Gasteiger partial charge in [-0.25, -0.2) is 4.39 Å². The Bertz CT molecular complexity index is 419. The minimum absolute atomic E-state index is 0.0227. The lowest BCUT2D eigenvalue weighted by Crippen LogP contribution is -2.07. The van der Waals surface area contributed by atoms with Crippen molar-refractivity contribution >= 4 is 33.5 Å². The van der Waals surface area contributed by atoms with Crippen LogP contribution in [0.25, 0.3) is 0 Å². The molecule has 1 rings (SSSR count). The molecule has 0 fully saturated rings. The number of benzene rings is 1. The van der Waals surface area contributed by atoms with E-state index in [9.17, 15) is 22.4 Å². The lowest BCUT2D eigenvalue weighted by Gasteiger charge is -2.10. The lowest BCUT2D eigenvalue weighted by molar-refractivity contribution is -0.0329. The summed E-state index contributed by atoms with van der Waals surface area (Å²) in [4.78, 5) is 10.9. The Morgan fingerprint density at radius 1 is 1.35 bits per heavy atom. The summed E-state index contributed by atoms with van der Waals surface area (Å²) < 4.78 is 50.0. The molecule has 0 bridgehead atoms. The molecule has 1 aromatic rings. The minimum atomic E-state index is -4.62. The molecule has 0 N–H and O–H groups in total. The normalized spacial score (nSPS) is 11.6. The van der Waals surface area contributed by atoms with Crippen LogP contribution in [-0.2, 0) is 0 Å². The number of carbonyl (C=O) groups excluding carboxylic acids is 1. The SMILES string of the molecule is O=C(CCBr)c1cccc(F)c1SC(F)(F)F. The monoisotopic (exact) mass is 330 g/mol. The largest absolute Gasteiger partial charge is 0.446 e. The van der Waals surface area contributed by atoms with Crippen LogP contribution in [0.4, 0.5) is 17.6 Å². The van der Waals surface area contributed by atoms with Crippen molar-refractivity contribution in [3.8, 4) is 0 Å². The Labute approximate surface area is 108 Å². The van der Waals surface area contributed by atoms with Crippen molar-refractivity contribution in [2.24, 2.45) is 0 Å². The smallest absolute Gasteiger partial charge is 0.294 e. The zero-order chi connectivity index (χ0) is 13.1. The molecule has 0 atom stereocenters. The van der Waals surface area contributed by atoms with E-state index in [4.69, 9.17) is 0 Å². The van der Waals surface area contributed by atoms with E-state index in [1.165, 1.54) is 12.1 Å². The van der Waals surface area contributed by atoms with Crippen LogP contribution in [0, 0.1) is 5.82 Å². The highest BCUT2D eigenvalue weighted by Gasteiger charge is 2.32. The highest BCUT2D eigenvalue weighted by atomic mass is 79.9. The fourth-order valence-corrected chi connectivity index (χ4v) is 2.22. The third-order valence-electron chi connectivity index (χ3n) is 1.81. The highest BCUT2D eigenvalue weighted by Crippen LogP contribution is 2.40. The van der Waals surface area contributed by atoms with E-state index < -0.39 is 33.8 Å².